The van der Waals surface area contributed by atoms with E-state index in [9.17, 15) is 4.79 Å². The van der Waals surface area contributed by atoms with Gasteiger partial charge in [-0.3, -0.25) is 9.36 Å². The number of rotatable bonds is 2. The van der Waals surface area contributed by atoms with Crippen LogP contribution < -0.4 is 5.56 Å². The molecule has 1 aromatic carbocycles. The van der Waals surface area contributed by atoms with Crippen LogP contribution in [0.4, 0.5) is 0 Å². The maximum absolute atomic E-state index is 12.9. The van der Waals surface area contributed by atoms with Crippen molar-refractivity contribution in [3.63, 3.8) is 0 Å². The lowest BCUT2D eigenvalue weighted by Gasteiger charge is -2.32. The van der Waals surface area contributed by atoms with Gasteiger partial charge in [0.25, 0.3) is 5.56 Å². The van der Waals surface area contributed by atoms with Gasteiger partial charge in [-0.15, -0.1) is 11.6 Å². The Labute approximate surface area is 122 Å². The second kappa shape index (κ2) is 4.86. The minimum Gasteiger partial charge on any atom is -0.376 e. The lowest BCUT2D eigenvalue weighted by atomic mass is 9.93. The first-order chi connectivity index (χ1) is 9.58. The van der Waals surface area contributed by atoms with Crippen molar-refractivity contribution in [3.05, 3.63) is 40.4 Å². The van der Waals surface area contributed by atoms with Crippen molar-refractivity contribution in [2.75, 3.05) is 6.61 Å². The molecular weight excluding hydrogens is 276 g/mol. The average Bonchev–Trinajstić information content (AvgIpc) is 2.79. The summed E-state index contributed by atoms with van der Waals surface area (Å²) in [5.41, 5.74) is 0.267. The number of hydrogen-bond donors (Lipinski definition) is 0. The molecule has 2 heterocycles. The lowest BCUT2D eigenvalue weighted by molar-refractivity contribution is 0.0733. The fourth-order valence-corrected chi connectivity index (χ4v) is 3.09. The Morgan fingerprint density at radius 2 is 2.25 bits per heavy atom. The van der Waals surface area contributed by atoms with Crippen molar-refractivity contribution in [1.29, 1.82) is 0 Å². The number of benzene rings is 1. The van der Waals surface area contributed by atoms with Crippen LogP contribution in [-0.2, 0) is 16.2 Å². The van der Waals surface area contributed by atoms with Crippen LogP contribution >= 0.6 is 11.6 Å². The molecule has 1 fully saturated rings. The van der Waals surface area contributed by atoms with Gasteiger partial charge in [0.2, 0.25) is 0 Å². The van der Waals surface area contributed by atoms with Crippen LogP contribution in [0.2, 0.25) is 0 Å². The predicted octanol–water partition coefficient (Wildman–Crippen LogP) is 2.66. The highest BCUT2D eigenvalue weighted by molar-refractivity contribution is 6.16. The lowest BCUT2D eigenvalue weighted by Crippen LogP contribution is -2.45. The summed E-state index contributed by atoms with van der Waals surface area (Å²) < 4.78 is 7.39. The van der Waals surface area contributed by atoms with Crippen LogP contribution in [0.1, 0.15) is 26.1 Å². The molecule has 3 rings (SSSR count). The molecule has 1 saturated heterocycles. The van der Waals surface area contributed by atoms with E-state index in [0.717, 1.165) is 6.42 Å². The maximum atomic E-state index is 12.9. The molecule has 2 unspecified atom stereocenters. The molecule has 0 saturated carbocycles. The molecule has 4 nitrogen and oxygen atoms in total. The quantitative estimate of drug-likeness (QED) is 0.799. The van der Waals surface area contributed by atoms with Crippen LogP contribution in [0, 0.1) is 0 Å². The molecule has 0 amide bonds. The largest absolute Gasteiger partial charge is 0.376 e. The monoisotopic (exact) mass is 292 g/mol. The van der Waals surface area contributed by atoms with E-state index in [2.05, 4.69) is 4.98 Å². The van der Waals surface area contributed by atoms with E-state index in [1.54, 1.807) is 4.57 Å². The number of nitrogens with zero attached hydrogens (tertiary/aromatic N) is 2. The van der Waals surface area contributed by atoms with E-state index in [1.165, 1.54) is 0 Å². The van der Waals surface area contributed by atoms with Gasteiger partial charge in [0.1, 0.15) is 5.82 Å². The highest BCUT2D eigenvalue weighted by Gasteiger charge is 2.41. The first-order valence-electron chi connectivity index (χ1n) is 6.76. The van der Waals surface area contributed by atoms with Crippen LogP contribution in [0.25, 0.3) is 10.9 Å². The summed E-state index contributed by atoms with van der Waals surface area (Å²) in [6.45, 7) is 4.68. The van der Waals surface area contributed by atoms with Crippen molar-refractivity contribution in [1.82, 2.24) is 9.55 Å². The highest BCUT2D eigenvalue weighted by atomic mass is 35.5. The van der Waals surface area contributed by atoms with Crippen LogP contribution in [0.15, 0.2) is 29.1 Å². The Balaban J connectivity index is 2.34. The Bertz CT molecular complexity index is 713. The topological polar surface area (TPSA) is 44.1 Å². The maximum Gasteiger partial charge on any atom is 0.262 e. The fourth-order valence-electron chi connectivity index (χ4n) is 2.91. The van der Waals surface area contributed by atoms with Gasteiger partial charge in [0, 0.05) is 6.61 Å². The SMILES string of the molecule is CC1OCCC1(C)n1c(CCl)nc2ccccc2c1=O. The van der Waals surface area contributed by atoms with E-state index in [-0.39, 0.29) is 17.5 Å². The standard InChI is InChI=1S/C15H17ClN2O2/c1-10-15(2,7-8-20-10)18-13(9-16)17-12-6-4-3-5-11(12)14(18)19/h3-6,10H,7-9H2,1-2H3. The van der Waals surface area contributed by atoms with Crippen molar-refractivity contribution < 1.29 is 4.74 Å². The van der Waals surface area contributed by atoms with Crippen LogP contribution in [-0.4, -0.2) is 22.3 Å². The van der Waals surface area contributed by atoms with Gasteiger partial charge >= 0.3 is 0 Å². The Hall–Kier alpha value is -1.39. The van der Waals surface area contributed by atoms with E-state index < -0.39 is 5.54 Å². The van der Waals surface area contributed by atoms with Gasteiger partial charge in [-0.2, -0.15) is 0 Å². The molecule has 0 spiro atoms. The summed E-state index contributed by atoms with van der Waals surface area (Å²) in [4.78, 5) is 17.4. The van der Waals surface area contributed by atoms with Crippen LogP contribution in [0.5, 0.6) is 0 Å². The third-order valence-electron chi connectivity index (χ3n) is 4.33. The number of ether oxygens (including phenoxy) is 1. The minimum absolute atomic E-state index is 0.0360. The predicted molar refractivity (Wildman–Crippen MR) is 79.2 cm³/mol. The summed E-state index contributed by atoms with van der Waals surface area (Å²) in [5.74, 6) is 0.817. The summed E-state index contributed by atoms with van der Waals surface area (Å²) in [6, 6.07) is 7.38. The molecule has 2 atom stereocenters. The van der Waals surface area contributed by atoms with Gasteiger partial charge in [-0.25, -0.2) is 4.98 Å². The zero-order chi connectivity index (χ0) is 14.3. The Kier molecular flexibility index (Phi) is 3.30. The summed E-state index contributed by atoms with van der Waals surface area (Å²) in [6.07, 6.45) is 0.753. The first-order valence-corrected chi connectivity index (χ1v) is 7.30. The number of para-hydroxylation sites is 1. The zero-order valence-corrected chi connectivity index (χ0v) is 12.4. The van der Waals surface area contributed by atoms with E-state index in [4.69, 9.17) is 16.3 Å². The summed E-state index contributed by atoms with van der Waals surface area (Å²) in [7, 11) is 0. The first kappa shape index (κ1) is 13.6. The highest BCUT2D eigenvalue weighted by Crippen LogP contribution is 2.33. The molecule has 106 valence electrons. The van der Waals surface area contributed by atoms with Crippen molar-refractivity contribution in [2.24, 2.45) is 0 Å². The number of hydrogen-bond acceptors (Lipinski definition) is 3. The van der Waals surface area contributed by atoms with Gasteiger partial charge < -0.3 is 4.74 Å². The fraction of sp³-hybridized carbons (Fsp3) is 0.467. The third-order valence-corrected chi connectivity index (χ3v) is 4.57. The molecule has 0 radical (unpaired) electrons. The van der Waals surface area contributed by atoms with Gasteiger partial charge in [-0.1, -0.05) is 12.1 Å². The smallest absolute Gasteiger partial charge is 0.262 e. The Morgan fingerprint density at radius 1 is 1.50 bits per heavy atom. The minimum atomic E-state index is -0.391. The van der Waals surface area contributed by atoms with Gasteiger partial charge in [0.15, 0.2) is 0 Å². The third kappa shape index (κ3) is 1.86. The number of halogens is 1. The number of alkyl halides is 1. The number of aromatic nitrogens is 2. The normalized spacial score (nSPS) is 26.2. The van der Waals surface area contributed by atoms with Gasteiger partial charge in [0.05, 0.1) is 28.4 Å². The molecular formula is C15H17ClN2O2. The second-order valence-corrected chi connectivity index (χ2v) is 5.71. The molecule has 0 N–H and O–H groups in total. The Morgan fingerprint density at radius 3 is 2.90 bits per heavy atom. The van der Waals surface area contributed by atoms with Gasteiger partial charge in [-0.05, 0) is 32.4 Å². The number of fused-ring (bicyclic) bond motifs is 1. The molecule has 5 heteroatoms. The molecule has 1 aliphatic rings. The molecule has 0 aliphatic carbocycles. The molecule has 1 aliphatic heterocycles. The molecule has 2 aromatic rings. The van der Waals surface area contributed by atoms with Crippen LogP contribution in [0.3, 0.4) is 0 Å². The summed E-state index contributed by atoms with van der Waals surface area (Å²) >= 11 is 6.03. The van der Waals surface area contributed by atoms with E-state index >= 15 is 0 Å². The van der Waals surface area contributed by atoms with Crippen molar-refractivity contribution in [3.8, 4) is 0 Å². The zero-order valence-electron chi connectivity index (χ0n) is 11.6. The van der Waals surface area contributed by atoms with E-state index in [0.29, 0.717) is 23.3 Å². The second-order valence-electron chi connectivity index (χ2n) is 5.44. The van der Waals surface area contributed by atoms with Crippen molar-refractivity contribution >= 4 is 22.5 Å². The van der Waals surface area contributed by atoms with E-state index in [1.807, 2.05) is 38.1 Å². The molecule has 20 heavy (non-hydrogen) atoms. The summed E-state index contributed by atoms with van der Waals surface area (Å²) in [5, 5.41) is 0.627. The molecule has 1 aromatic heterocycles. The average molecular weight is 293 g/mol. The van der Waals surface area contributed by atoms with Crippen molar-refractivity contribution in [2.45, 2.75) is 37.8 Å². The molecule has 0 bridgehead atoms.